The van der Waals surface area contributed by atoms with Crippen LogP contribution < -0.4 is 9.62 Å². The van der Waals surface area contributed by atoms with Crippen LogP contribution in [-0.2, 0) is 26.2 Å². The van der Waals surface area contributed by atoms with Gasteiger partial charge < -0.3 is 10.2 Å². The molecule has 0 aliphatic heterocycles. The van der Waals surface area contributed by atoms with Gasteiger partial charge in [0, 0.05) is 27.7 Å². The maximum Gasteiger partial charge on any atom is 0.264 e. The second-order valence-corrected chi connectivity index (χ2v) is 12.7. The number of nitrogens with zero attached hydrogens (tertiary/aromatic N) is 2. The molecule has 0 fully saturated rings. The number of rotatable bonds is 11. The topological polar surface area (TPSA) is 86.8 Å². The summed E-state index contributed by atoms with van der Waals surface area (Å²) < 4.78 is 28.5. The van der Waals surface area contributed by atoms with Gasteiger partial charge in [0.15, 0.2) is 0 Å². The summed E-state index contributed by atoms with van der Waals surface area (Å²) in [5.74, 6) is -1.04. The van der Waals surface area contributed by atoms with Crippen molar-refractivity contribution in [3.8, 4) is 0 Å². The van der Waals surface area contributed by atoms with Crippen molar-refractivity contribution in [2.24, 2.45) is 0 Å². The first-order chi connectivity index (χ1) is 18.8. The number of sulfonamides is 1. The molecule has 2 amide bonds. The van der Waals surface area contributed by atoms with Gasteiger partial charge in [0.2, 0.25) is 11.8 Å². The van der Waals surface area contributed by atoms with Gasteiger partial charge in [-0.05, 0) is 68.3 Å². The van der Waals surface area contributed by atoms with Gasteiger partial charge in [-0.2, -0.15) is 0 Å². The molecule has 0 aliphatic carbocycles. The molecule has 1 N–H and O–H groups in total. The van der Waals surface area contributed by atoms with Crippen LogP contribution in [0.1, 0.15) is 32.8 Å². The van der Waals surface area contributed by atoms with Crippen LogP contribution in [0.5, 0.6) is 0 Å². The molecule has 214 valence electrons. The third-order valence-electron chi connectivity index (χ3n) is 6.31. The summed E-state index contributed by atoms with van der Waals surface area (Å²) in [5, 5.41) is 3.92. The predicted octanol–water partition coefficient (Wildman–Crippen LogP) is 6.83. The normalized spacial score (nSPS) is 12.9. The van der Waals surface area contributed by atoms with Crippen molar-refractivity contribution in [2.75, 3.05) is 10.8 Å². The van der Waals surface area contributed by atoms with E-state index in [0.717, 1.165) is 4.31 Å². The van der Waals surface area contributed by atoms with Crippen molar-refractivity contribution in [1.29, 1.82) is 0 Å². The molecule has 3 rings (SSSR count). The Labute approximate surface area is 255 Å². The van der Waals surface area contributed by atoms with Crippen LogP contribution in [0.25, 0.3) is 0 Å². The largest absolute Gasteiger partial charge is 0.352 e. The Morgan fingerprint density at radius 2 is 1.48 bits per heavy atom. The third-order valence-corrected chi connectivity index (χ3v) is 9.21. The second-order valence-electron chi connectivity index (χ2n) is 9.17. The second kappa shape index (κ2) is 13.9. The zero-order chi connectivity index (χ0) is 29.6. The lowest BCUT2D eigenvalue weighted by Gasteiger charge is -2.33. The van der Waals surface area contributed by atoms with Gasteiger partial charge in [-0.15, -0.1) is 0 Å². The van der Waals surface area contributed by atoms with Gasteiger partial charge in [-0.3, -0.25) is 13.9 Å². The maximum absolute atomic E-state index is 14.0. The van der Waals surface area contributed by atoms with Gasteiger partial charge in [0.05, 0.1) is 15.6 Å². The summed E-state index contributed by atoms with van der Waals surface area (Å²) in [5.41, 5.74) is 0.592. The molecule has 0 bridgehead atoms. The summed E-state index contributed by atoms with van der Waals surface area (Å²) in [6, 6.07) is 15.7. The molecule has 0 aliphatic rings. The summed E-state index contributed by atoms with van der Waals surface area (Å²) in [6.07, 6.45) is 0.688. The number of halogens is 4. The Bertz CT molecular complexity index is 1470. The van der Waals surface area contributed by atoms with Crippen molar-refractivity contribution < 1.29 is 18.0 Å². The Morgan fingerprint density at radius 1 is 0.875 bits per heavy atom. The molecule has 0 saturated carbocycles. The molecule has 2 atom stereocenters. The van der Waals surface area contributed by atoms with Crippen LogP contribution in [0.4, 0.5) is 5.69 Å². The average molecular weight is 645 g/mol. The molecule has 12 heteroatoms. The van der Waals surface area contributed by atoms with Crippen molar-refractivity contribution in [1.82, 2.24) is 10.2 Å². The fourth-order valence-corrected chi connectivity index (χ4v) is 6.28. The number of nitrogens with one attached hydrogen (secondary N) is 1. The Kier molecular flexibility index (Phi) is 11.1. The van der Waals surface area contributed by atoms with Gasteiger partial charge in [0.25, 0.3) is 10.0 Å². The third kappa shape index (κ3) is 7.83. The number of hydrogen-bond acceptors (Lipinski definition) is 4. The van der Waals surface area contributed by atoms with E-state index in [2.05, 4.69) is 5.32 Å². The van der Waals surface area contributed by atoms with Crippen LogP contribution in [0, 0.1) is 0 Å². The summed E-state index contributed by atoms with van der Waals surface area (Å²) in [7, 11) is -4.26. The number of anilines is 1. The summed E-state index contributed by atoms with van der Waals surface area (Å²) >= 11 is 24.9. The number of carbonyl (C=O) groups is 2. The molecule has 0 heterocycles. The van der Waals surface area contributed by atoms with Gasteiger partial charge in [-0.1, -0.05) is 77.6 Å². The minimum atomic E-state index is -4.26. The highest BCUT2D eigenvalue weighted by molar-refractivity contribution is 7.92. The molecule has 0 radical (unpaired) electrons. The van der Waals surface area contributed by atoms with Crippen LogP contribution in [0.2, 0.25) is 20.1 Å². The van der Waals surface area contributed by atoms with Crippen molar-refractivity contribution in [3.63, 3.8) is 0 Å². The molecule has 0 aromatic heterocycles. The van der Waals surface area contributed by atoms with Gasteiger partial charge in [-0.25, -0.2) is 8.42 Å². The SMILES string of the molecule is CCC(C)NC(=O)C(C)N(Cc1ccc(Cl)cc1Cl)C(=O)CN(c1ccc(Cl)cc1Cl)S(=O)(=O)c1ccccc1. The lowest BCUT2D eigenvalue weighted by molar-refractivity contribution is -0.139. The minimum Gasteiger partial charge on any atom is -0.352 e. The summed E-state index contributed by atoms with van der Waals surface area (Å²) in [4.78, 5) is 28.3. The molecule has 2 unspecified atom stereocenters. The average Bonchev–Trinajstić information content (AvgIpc) is 2.91. The fraction of sp³-hybridized carbons (Fsp3) is 0.286. The first-order valence-electron chi connectivity index (χ1n) is 12.4. The highest BCUT2D eigenvalue weighted by atomic mass is 35.5. The fourth-order valence-electron chi connectivity index (χ4n) is 3.80. The van der Waals surface area contributed by atoms with E-state index in [1.165, 1.54) is 41.3 Å². The Morgan fingerprint density at radius 3 is 2.05 bits per heavy atom. The van der Waals surface area contributed by atoms with Gasteiger partial charge in [0.1, 0.15) is 12.6 Å². The molecule has 3 aromatic carbocycles. The first-order valence-corrected chi connectivity index (χ1v) is 15.4. The Hall–Kier alpha value is -2.49. The van der Waals surface area contributed by atoms with E-state index >= 15 is 0 Å². The van der Waals surface area contributed by atoms with E-state index < -0.39 is 34.4 Å². The maximum atomic E-state index is 14.0. The summed E-state index contributed by atoms with van der Waals surface area (Å²) in [6.45, 7) is 4.63. The molecule has 0 saturated heterocycles. The standard InChI is InChI=1S/C28H29Cl4N3O4S/c1-4-18(2)33-28(37)19(3)34(16-20-10-11-21(29)14-24(20)31)27(36)17-35(26-13-12-22(30)15-25(26)32)40(38,39)23-8-6-5-7-9-23/h5-15,18-19H,4,16-17H2,1-3H3,(H,33,37). The van der Waals surface area contributed by atoms with Crippen LogP contribution in [-0.4, -0.2) is 43.8 Å². The van der Waals surface area contributed by atoms with E-state index in [1.807, 2.05) is 13.8 Å². The van der Waals surface area contributed by atoms with E-state index in [-0.39, 0.29) is 28.2 Å². The number of benzene rings is 3. The molecule has 3 aromatic rings. The molecule has 40 heavy (non-hydrogen) atoms. The number of carbonyl (C=O) groups excluding carboxylic acids is 2. The zero-order valence-corrected chi connectivity index (χ0v) is 25.9. The first kappa shape index (κ1) is 32.0. The Balaban J connectivity index is 2.07. The van der Waals surface area contributed by atoms with E-state index in [4.69, 9.17) is 46.4 Å². The van der Waals surface area contributed by atoms with Crippen LogP contribution >= 0.6 is 46.4 Å². The van der Waals surface area contributed by atoms with E-state index in [9.17, 15) is 18.0 Å². The van der Waals surface area contributed by atoms with Crippen molar-refractivity contribution in [2.45, 2.75) is 50.7 Å². The predicted molar refractivity (Wildman–Crippen MR) is 162 cm³/mol. The molecular weight excluding hydrogens is 616 g/mol. The number of hydrogen-bond donors (Lipinski definition) is 1. The van der Waals surface area contributed by atoms with E-state index in [1.54, 1.807) is 37.3 Å². The van der Waals surface area contributed by atoms with E-state index in [0.29, 0.717) is 27.1 Å². The monoisotopic (exact) mass is 643 g/mol. The minimum absolute atomic E-state index is 0.0367. The molecule has 0 spiro atoms. The van der Waals surface area contributed by atoms with Crippen LogP contribution in [0.15, 0.2) is 71.6 Å². The van der Waals surface area contributed by atoms with Crippen LogP contribution in [0.3, 0.4) is 0 Å². The number of amides is 2. The van der Waals surface area contributed by atoms with Crippen molar-refractivity contribution in [3.05, 3.63) is 92.4 Å². The lowest BCUT2D eigenvalue weighted by atomic mass is 10.1. The van der Waals surface area contributed by atoms with Gasteiger partial charge >= 0.3 is 0 Å². The quantitative estimate of drug-likeness (QED) is 0.248. The highest BCUT2D eigenvalue weighted by Crippen LogP contribution is 2.33. The molecule has 7 nitrogen and oxygen atoms in total. The molecular formula is C28H29Cl4N3O4S. The highest BCUT2D eigenvalue weighted by Gasteiger charge is 2.33. The lowest BCUT2D eigenvalue weighted by Crippen LogP contribution is -2.52. The van der Waals surface area contributed by atoms with Crippen molar-refractivity contribution >= 4 is 73.9 Å². The zero-order valence-electron chi connectivity index (χ0n) is 22.1. The smallest absolute Gasteiger partial charge is 0.264 e.